The van der Waals surface area contributed by atoms with Gasteiger partial charge in [0.2, 0.25) is 11.8 Å². The van der Waals surface area contributed by atoms with Crippen LogP contribution in [0.4, 0.5) is 5.69 Å². The Morgan fingerprint density at radius 2 is 2.06 bits per heavy atom. The minimum Gasteiger partial charge on any atom is -0.468 e. The molecule has 0 fully saturated rings. The zero-order valence-corrected chi connectivity index (χ0v) is 18.9. The van der Waals surface area contributed by atoms with Crippen LogP contribution in [0.25, 0.3) is 0 Å². The number of nitro groups is 1. The number of carbonyl (C=O) groups is 3. The number of non-ortho nitro benzene ring substituents is 1. The van der Waals surface area contributed by atoms with E-state index in [1.807, 2.05) is 6.92 Å². The quantitative estimate of drug-likeness (QED) is 0.337. The number of hydrogen-bond acceptors (Lipinski definition) is 8. The predicted octanol–water partition coefficient (Wildman–Crippen LogP) is 0.996. The number of thioether (sulfide) groups is 1. The van der Waals surface area contributed by atoms with Gasteiger partial charge in [-0.25, -0.2) is 0 Å². The van der Waals surface area contributed by atoms with Crippen LogP contribution in [0.1, 0.15) is 31.9 Å². The van der Waals surface area contributed by atoms with Gasteiger partial charge in [-0.2, -0.15) is 0 Å². The van der Waals surface area contributed by atoms with Gasteiger partial charge >= 0.3 is 5.97 Å². The first-order chi connectivity index (χ1) is 14.5. The predicted molar refractivity (Wildman–Crippen MR) is 116 cm³/mol. The zero-order chi connectivity index (χ0) is 23.3. The fraction of sp³-hybridized carbons (Fsp3) is 0.550. The Hall–Kier alpha value is -2.66. The van der Waals surface area contributed by atoms with Crippen LogP contribution < -0.4 is 11.1 Å². The van der Waals surface area contributed by atoms with Crippen molar-refractivity contribution in [1.29, 1.82) is 0 Å². The molecule has 2 amide bonds. The van der Waals surface area contributed by atoms with Crippen LogP contribution in [0, 0.1) is 10.1 Å². The Kier molecular flexibility index (Phi) is 8.02. The van der Waals surface area contributed by atoms with E-state index in [-0.39, 0.29) is 36.5 Å². The number of benzene rings is 1. The van der Waals surface area contributed by atoms with Crippen molar-refractivity contribution in [2.45, 2.75) is 50.6 Å². The summed E-state index contributed by atoms with van der Waals surface area (Å²) in [5.41, 5.74) is 7.05. The summed E-state index contributed by atoms with van der Waals surface area (Å²) in [5.74, 6) is -1.27. The molecule has 10 nitrogen and oxygen atoms in total. The summed E-state index contributed by atoms with van der Waals surface area (Å²) in [6, 6.07) is 3.52. The van der Waals surface area contributed by atoms with Crippen molar-refractivity contribution in [3.05, 3.63) is 39.4 Å². The molecule has 3 N–H and O–H groups in total. The molecule has 0 bridgehead atoms. The minimum absolute atomic E-state index is 0.0103. The number of nitrogens with one attached hydrogen (secondary N) is 1. The molecule has 0 spiro atoms. The number of carbonyl (C=O) groups excluding carboxylic acids is 3. The Labute approximate surface area is 185 Å². The number of nitro benzene ring substituents is 1. The van der Waals surface area contributed by atoms with Crippen LogP contribution in [0.5, 0.6) is 0 Å². The zero-order valence-electron chi connectivity index (χ0n) is 18.0. The Bertz CT molecular complexity index is 875. The molecule has 11 heteroatoms. The highest BCUT2D eigenvalue weighted by Crippen LogP contribution is 2.33. The molecule has 31 heavy (non-hydrogen) atoms. The Balaban J connectivity index is 2.32. The number of nitrogens with two attached hydrogens (primary N) is 1. The highest BCUT2D eigenvalue weighted by atomic mass is 32.2. The highest BCUT2D eigenvalue weighted by molar-refractivity contribution is 8.01. The van der Waals surface area contributed by atoms with Gasteiger partial charge in [0.15, 0.2) is 0 Å². The van der Waals surface area contributed by atoms with Crippen LogP contribution >= 0.6 is 11.8 Å². The molecule has 170 valence electrons. The number of ether oxygens (including phenoxy) is 1. The number of amides is 2. The third-order valence-electron chi connectivity index (χ3n) is 5.29. The van der Waals surface area contributed by atoms with Gasteiger partial charge in [-0.1, -0.05) is 6.07 Å². The van der Waals surface area contributed by atoms with Crippen molar-refractivity contribution in [2.75, 3.05) is 19.4 Å². The second-order valence-electron chi connectivity index (χ2n) is 7.90. The molecule has 2 unspecified atom stereocenters. The van der Waals surface area contributed by atoms with E-state index >= 15 is 0 Å². The Morgan fingerprint density at radius 3 is 2.65 bits per heavy atom. The van der Waals surface area contributed by atoms with Crippen molar-refractivity contribution in [3.63, 3.8) is 0 Å². The summed E-state index contributed by atoms with van der Waals surface area (Å²) >= 11 is 1.19. The molecular formula is C20H28N4O6S. The van der Waals surface area contributed by atoms with Crippen molar-refractivity contribution in [3.8, 4) is 0 Å². The lowest BCUT2D eigenvalue weighted by molar-refractivity contribution is -0.385. The number of fused-ring (bicyclic) bond motifs is 1. The maximum atomic E-state index is 13.6. The van der Waals surface area contributed by atoms with E-state index in [4.69, 9.17) is 5.73 Å². The standard InChI is InChI=1S/C20H28N4O6S/c1-12-7-13-5-6-15(24(28)29)8-14(13)10-23(12)19(27)18(22-16(25)9-21)20(2,3)31-11-17(26)30-4/h5-6,8,12,18H,7,9-11,21H2,1-4H3,(H,22,25). The average Bonchev–Trinajstić information content (AvgIpc) is 2.74. The highest BCUT2D eigenvalue weighted by Gasteiger charge is 2.41. The maximum absolute atomic E-state index is 13.6. The minimum atomic E-state index is -0.957. The SMILES string of the molecule is COC(=O)CSC(C)(C)C(NC(=O)CN)C(=O)N1Cc2cc([N+](=O)[O-])ccc2CC1C. The molecule has 2 atom stereocenters. The van der Waals surface area contributed by atoms with Crippen molar-refractivity contribution in [2.24, 2.45) is 5.73 Å². The summed E-state index contributed by atoms with van der Waals surface area (Å²) in [5, 5.41) is 13.8. The molecule has 1 aliphatic heterocycles. The van der Waals surface area contributed by atoms with E-state index in [9.17, 15) is 24.5 Å². The summed E-state index contributed by atoms with van der Waals surface area (Å²) in [6.07, 6.45) is 0.534. The molecule has 0 aliphatic carbocycles. The second-order valence-corrected chi connectivity index (χ2v) is 9.53. The van der Waals surface area contributed by atoms with Gasteiger partial charge in [-0.3, -0.25) is 24.5 Å². The first kappa shape index (κ1) is 24.6. The van der Waals surface area contributed by atoms with E-state index in [2.05, 4.69) is 10.1 Å². The summed E-state index contributed by atoms with van der Waals surface area (Å²) < 4.78 is 3.83. The van der Waals surface area contributed by atoms with Crippen LogP contribution in [0.3, 0.4) is 0 Å². The van der Waals surface area contributed by atoms with Crippen LogP contribution in [-0.4, -0.2) is 63.8 Å². The third-order valence-corrected chi connectivity index (χ3v) is 6.65. The molecule has 1 aromatic rings. The summed E-state index contributed by atoms with van der Waals surface area (Å²) in [7, 11) is 1.28. The molecule has 1 aromatic carbocycles. The maximum Gasteiger partial charge on any atom is 0.315 e. The monoisotopic (exact) mass is 452 g/mol. The molecule has 1 aliphatic rings. The lowest BCUT2D eigenvalue weighted by atomic mass is 9.92. The average molecular weight is 453 g/mol. The lowest BCUT2D eigenvalue weighted by Crippen LogP contribution is -2.60. The van der Waals surface area contributed by atoms with Crippen molar-refractivity contribution < 1.29 is 24.0 Å². The van der Waals surface area contributed by atoms with Gasteiger partial charge in [-0.15, -0.1) is 11.8 Å². The molecule has 0 saturated heterocycles. The van der Waals surface area contributed by atoms with Gasteiger partial charge < -0.3 is 20.7 Å². The number of hydrogen-bond donors (Lipinski definition) is 2. The largest absolute Gasteiger partial charge is 0.468 e. The summed E-state index contributed by atoms with van der Waals surface area (Å²) in [6.45, 7) is 5.30. The lowest BCUT2D eigenvalue weighted by Gasteiger charge is -2.41. The van der Waals surface area contributed by atoms with Crippen LogP contribution in [0.15, 0.2) is 18.2 Å². The normalized spacial score (nSPS) is 16.8. The number of methoxy groups -OCH3 is 1. The first-order valence-electron chi connectivity index (χ1n) is 9.77. The molecule has 2 rings (SSSR count). The number of rotatable bonds is 8. The Morgan fingerprint density at radius 1 is 1.39 bits per heavy atom. The van der Waals surface area contributed by atoms with E-state index in [0.717, 1.165) is 5.56 Å². The van der Waals surface area contributed by atoms with Gasteiger partial charge in [0.05, 0.1) is 24.3 Å². The van der Waals surface area contributed by atoms with E-state index in [1.54, 1.807) is 24.8 Å². The van der Waals surface area contributed by atoms with Crippen LogP contribution in [-0.2, 0) is 32.1 Å². The van der Waals surface area contributed by atoms with Crippen molar-refractivity contribution in [1.82, 2.24) is 10.2 Å². The third kappa shape index (κ3) is 5.95. The van der Waals surface area contributed by atoms with E-state index < -0.39 is 27.6 Å². The van der Waals surface area contributed by atoms with Crippen LogP contribution in [0.2, 0.25) is 0 Å². The van der Waals surface area contributed by atoms with Gasteiger partial charge in [-0.05, 0) is 38.3 Å². The summed E-state index contributed by atoms with van der Waals surface area (Å²) in [4.78, 5) is 49.5. The second kappa shape index (κ2) is 10.1. The smallest absolute Gasteiger partial charge is 0.315 e. The number of nitrogens with zero attached hydrogens (tertiary/aromatic N) is 2. The first-order valence-corrected chi connectivity index (χ1v) is 10.8. The van der Waals surface area contributed by atoms with Crippen molar-refractivity contribution >= 4 is 35.2 Å². The topological polar surface area (TPSA) is 145 Å². The molecular weight excluding hydrogens is 424 g/mol. The van der Waals surface area contributed by atoms with Gasteiger partial charge in [0.25, 0.3) is 5.69 Å². The van der Waals surface area contributed by atoms with E-state index in [0.29, 0.717) is 12.0 Å². The molecule has 0 radical (unpaired) electrons. The van der Waals surface area contributed by atoms with E-state index in [1.165, 1.54) is 31.0 Å². The van der Waals surface area contributed by atoms with Gasteiger partial charge in [0.1, 0.15) is 6.04 Å². The molecule has 1 heterocycles. The fourth-order valence-electron chi connectivity index (χ4n) is 3.44. The molecule has 0 saturated carbocycles. The number of esters is 1. The fourth-order valence-corrected chi connectivity index (χ4v) is 4.38. The molecule has 0 aromatic heterocycles. The van der Waals surface area contributed by atoms with Gasteiger partial charge in [0, 0.05) is 29.5 Å².